The number of nitrogens with zero attached hydrogens (tertiary/aromatic N) is 2. The standard InChI is InChI=1S/C35H28NO.C22H22GeN.Ir/c1-3-8-24(9-4-1)26-14-16-27(17-15-26)30-12-7-13-32-31-19-18-29(23-34(31)37-35(30)32)33-22-28(20-21-36-33)25-10-5-2-6-11-25;1-23(2,3)20-14-19-10-9-18-13-17(16-7-5-4-6-8-16)11-12-21(18)22(19)24-15-20;/h1,3-4,7-9,12-17,19-23,25H,2,5-6,10-11H2;4-8,11,13-15H,9-10H2,1-3H3;/q2*-1;. The molecule has 3 aromatic heterocycles. The van der Waals surface area contributed by atoms with Crippen LogP contribution >= 0.6 is 0 Å². The third-order valence-electron chi connectivity index (χ3n) is 12.7. The number of hydrogen-bond donors (Lipinski definition) is 0. The molecule has 0 aliphatic heterocycles. The number of para-hydroxylation sites is 1. The summed E-state index contributed by atoms with van der Waals surface area (Å²) >= 11 is -1.82. The molecule has 2 aliphatic rings. The minimum Gasteiger partial charge on any atom is -0.476 e. The molecule has 11 rings (SSSR count). The molecule has 6 aromatic carbocycles. The van der Waals surface area contributed by atoms with Crippen LogP contribution in [0.5, 0.6) is 0 Å². The second-order valence-corrected chi connectivity index (χ2v) is 28.5. The Morgan fingerprint density at radius 1 is 0.597 bits per heavy atom. The van der Waals surface area contributed by atoms with Crippen molar-refractivity contribution in [1.29, 1.82) is 0 Å². The molecule has 0 N–H and O–H groups in total. The van der Waals surface area contributed by atoms with Gasteiger partial charge in [-0.3, -0.25) is 0 Å². The maximum Gasteiger partial charge on any atom is 0.131 e. The van der Waals surface area contributed by atoms with Crippen molar-refractivity contribution < 1.29 is 24.5 Å². The number of rotatable bonds is 6. The Bertz CT molecular complexity index is 2980. The van der Waals surface area contributed by atoms with Gasteiger partial charge in [-0.1, -0.05) is 115 Å². The van der Waals surface area contributed by atoms with E-state index in [-0.39, 0.29) is 20.1 Å². The summed E-state index contributed by atoms with van der Waals surface area (Å²) in [7, 11) is 0. The second kappa shape index (κ2) is 18.1. The molecule has 309 valence electrons. The fraction of sp³-hybridized carbons (Fsp3) is 0.193. The molecule has 1 saturated carbocycles. The van der Waals surface area contributed by atoms with Gasteiger partial charge in [0.2, 0.25) is 0 Å². The van der Waals surface area contributed by atoms with Crippen LogP contribution in [0.25, 0.3) is 77.8 Å². The first-order valence-corrected chi connectivity index (χ1v) is 29.3. The Morgan fingerprint density at radius 3 is 2.03 bits per heavy atom. The maximum atomic E-state index is 6.51. The van der Waals surface area contributed by atoms with Gasteiger partial charge in [0, 0.05) is 31.9 Å². The van der Waals surface area contributed by atoms with E-state index >= 15 is 0 Å². The Hall–Kier alpha value is -5.39. The topological polar surface area (TPSA) is 38.9 Å². The summed E-state index contributed by atoms with van der Waals surface area (Å²) in [4.78, 5) is 9.54. The summed E-state index contributed by atoms with van der Waals surface area (Å²) < 4.78 is 8.01. The minimum atomic E-state index is -1.82. The molecule has 5 heteroatoms. The molecule has 0 spiro atoms. The Morgan fingerprint density at radius 2 is 1.29 bits per heavy atom. The largest absolute Gasteiger partial charge is 0.476 e. The van der Waals surface area contributed by atoms with E-state index < -0.39 is 13.3 Å². The van der Waals surface area contributed by atoms with Crippen molar-refractivity contribution in [2.45, 2.75) is 68.1 Å². The van der Waals surface area contributed by atoms with Gasteiger partial charge in [0.05, 0.1) is 5.58 Å². The average molecular weight is 1040 g/mol. The molecule has 2 aliphatic carbocycles. The molecule has 0 amide bonds. The van der Waals surface area contributed by atoms with Crippen LogP contribution in [-0.4, -0.2) is 23.2 Å². The van der Waals surface area contributed by atoms with Crippen LogP contribution in [0, 0.1) is 12.1 Å². The van der Waals surface area contributed by atoms with Crippen molar-refractivity contribution >= 4 is 39.6 Å². The first-order valence-electron chi connectivity index (χ1n) is 21.9. The zero-order chi connectivity index (χ0) is 41.3. The molecular formula is C57H50GeIrN2O-2. The number of benzene rings is 6. The number of aryl methyl sites for hydroxylation is 2. The molecule has 1 radical (unpaired) electrons. The molecule has 0 saturated heterocycles. The van der Waals surface area contributed by atoms with E-state index in [2.05, 4.69) is 175 Å². The minimum absolute atomic E-state index is 0. The molecule has 9 aromatic rings. The summed E-state index contributed by atoms with van der Waals surface area (Å²) in [5.74, 6) is 7.94. The van der Waals surface area contributed by atoms with Crippen molar-refractivity contribution in [3.8, 4) is 55.9 Å². The van der Waals surface area contributed by atoms with Gasteiger partial charge in [-0.05, 0) is 52.6 Å². The molecule has 3 heterocycles. The van der Waals surface area contributed by atoms with Gasteiger partial charge < -0.3 is 9.40 Å². The van der Waals surface area contributed by atoms with Gasteiger partial charge in [0.15, 0.2) is 0 Å². The quantitative estimate of drug-likeness (QED) is 0.123. The Kier molecular flexibility index (Phi) is 12.3. The number of aromatic nitrogens is 2. The zero-order valence-electron chi connectivity index (χ0n) is 35.7. The fourth-order valence-electron chi connectivity index (χ4n) is 9.23. The van der Waals surface area contributed by atoms with Gasteiger partial charge in [0.1, 0.15) is 5.58 Å². The predicted octanol–water partition coefficient (Wildman–Crippen LogP) is 14.7. The fourth-order valence-corrected chi connectivity index (χ4v) is 11.5. The van der Waals surface area contributed by atoms with Gasteiger partial charge in [-0.2, -0.15) is 0 Å². The number of hydrogen-bond acceptors (Lipinski definition) is 3. The van der Waals surface area contributed by atoms with Gasteiger partial charge >= 0.3 is 147 Å². The molecule has 62 heavy (non-hydrogen) atoms. The van der Waals surface area contributed by atoms with Crippen LogP contribution in [-0.2, 0) is 32.9 Å². The molecule has 1 fully saturated rings. The monoisotopic (exact) mass is 1050 g/mol. The van der Waals surface area contributed by atoms with Crippen molar-refractivity contribution in [2.24, 2.45) is 0 Å². The van der Waals surface area contributed by atoms with Crippen LogP contribution in [0.3, 0.4) is 0 Å². The van der Waals surface area contributed by atoms with Crippen molar-refractivity contribution in [1.82, 2.24) is 9.97 Å². The number of furan rings is 1. The number of pyridine rings is 2. The molecule has 0 unspecified atom stereocenters. The van der Waals surface area contributed by atoms with Crippen LogP contribution in [0.15, 0.2) is 162 Å². The van der Waals surface area contributed by atoms with Crippen molar-refractivity contribution in [3.63, 3.8) is 0 Å². The van der Waals surface area contributed by atoms with Crippen molar-refractivity contribution in [3.05, 3.63) is 187 Å². The third kappa shape index (κ3) is 8.66. The summed E-state index contributed by atoms with van der Waals surface area (Å²) in [6.07, 6.45) is 12.8. The predicted molar refractivity (Wildman–Crippen MR) is 257 cm³/mol. The summed E-state index contributed by atoms with van der Waals surface area (Å²) in [5, 5.41) is 2.20. The normalized spacial score (nSPS) is 13.7. The SMILES string of the molecule is [CH3][Ge]([CH3])([CH3])[c]1cnc2c(c1)CCc1cc(-c3ccccc3)c[c-]c1-2.[Ir].[c-]1cc2c(cc1-c1cc(C3CCCCC3)ccn1)oc1c(-c3ccc(-c4ccccc4)cc3)cccc12. The van der Waals surface area contributed by atoms with E-state index in [1.807, 2.05) is 12.3 Å². The summed E-state index contributed by atoms with van der Waals surface area (Å²) in [6, 6.07) is 58.6. The van der Waals surface area contributed by atoms with Crippen LogP contribution in [0.1, 0.15) is 54.7 Å². The van der Waals surface area contributed by atoms with Gasteiger partial charge in [0.25, 0.3) is 0 Å². The molecule has 3 nitrogen and oxygen atoms in total. The first kappa shape index (κ1) is 41.9. The van der Waals surface area contributed by atoms with E-state index in [9.17, 15) is 0 Å². The molecule has 0 atom stereocenters. The van der Waals surface area contributed by atoms with Gasteiger partial charge in [-0.25, -0.2) is 0 Å². The summed E-state index contributed by atoms with van der Waals surface area (Å²) in [5.41, 5.74) is 17.5. The Balaban J connectivity index is 0.000000170. The van der Waals surface area contributed by atoms with E-state index in [0.717, 1.165) is 62.9 Å². The maximum absolute atomic E-state index is 6.51. The van der Waals surface area contributed by atoms with Crippen molar-refractivity contribution in [2.75, 3.05) is 0 Å². The Labute approximate surface area is 382 Å². The number of fused-ring (bicyclic) bond motifs is 6. The van der Waals surface area contributed by atoms with Crippen LogP contribution in [0.4, 0.5) is 0 Å². The first-order chi connectivity index (χ1) is 29.9. The zero-order valence-corrected chi connectivity index (χ0v) is 40.2. The van der Waals surface area contributed by atoms with E-state index in [1.54, 1.807) is 0 Å². The van der Waals surface area contributed by atoms with Crippen LogP contribution in [0.2, 0.25) is 17.3 Å². The van der Waals surface area contributed by atoms with E-state index in [0.29, 0.717) is 5.92 Å². The average Bonchev–Trinajstić information content (AvgIpc) is 3.70. The second-order valence-electron chi connectivity index (χ2n) is 17.8. The molecular weight excluding hydrogens is 993 g/mol. The summed E-state index contributed by atoms with van der Waals surface area (Å²) in [6.45, 7) is 0. The van der Waals surface area contributed by atoms with Crippen LogP contribution < -0.4 is 4.40 Å². The smallest absolute Gasteiger partial charge is 0.131 e. The molecule has 0 bridgehead atoms. The van der Waals surface area contributed by atoms with E-state index in [4.69, 9.17) is 14.4 Å². The van der Waals surface area contributed by atoms with E-state index in [1.165, 1.54) is 81.0 Å². The van der Waals surface area contributed by atoms with Gasteiger partial charge in [-0.15, -0.1) is 17.7 Å². The third-order valence-corrected chi connectivity index (χ3v) is 16.9.